The second-order valence-corrected chi connectivity index (χ2v) is 17.0. The molecule has 1 aliphatic carbocycles. The predicted octanol–water partition coefficient (Wildman–Crippen LogP) is 9.80. The third kappa shape index (κ3) is 11.8. The lowest BCUT2D eigenvalue weighted by atomic mass is 10.1. The van der Waals surface area contributed by atoms with E-state index in [1.807, 2.05) is 12.1 Å². The highest BCUT2D eigenvalue weighted by molar-refractivity contribution is 14.1. The highest BCUT2D eigenvalue weighted by Gasteiger charge is 2.45. The van der Waals surface area contributed by atoms with Crippen molar-refractivity contribution < 1.29 is 38.3 Å². The van der Waals surface area contributed by atoms with Crippen LogP contribution in [0.15, 0.2) is 69.6 Å². The molecule has 4 aromatic carbocycles. The number of anilines is 4. The maximum atomic E-state index is 14.0. The lowest BCUT2D eigenvalue weighted by Gasteiger charge is -2.22. The number of rotatable bonds is 12. The number of carbonyl (C=O) groups excluding carboxylic acids is 2. The molecular weight excluding hydrogens is 1080 g/mol. The predicted molar refractivity (Wildman–Crippen MR) is 220 cm³/mol. The van der Waals surface area contributed by atoms with E-state index in [1.165, 1.54) is 24.3 Å². The summed E-state index contributed by atoms with van der Waals surface area (Å²) in [5.41, 5.74) is 4.77. The van der Waals surface area contributed by atoms with Gasteiger partial charge in [0.1, 0.15) is 22.8 Å². The van der Waals surface area contributed by atoms with Crippen molar-refractivity contribution >= 4 is 135 Å². The van der Waals surface area contributed by atoms with Crippen molar-refractivity contribution in [3.63, 3.8) is 0 Å². The van der Waals surface area contributed by atoms with Crippen LogP contribution < -0.4 is 21.6 Å². The maximum Gasteiger partial charge on any atom is 0.277 e. The molecule has 4 aromatic rings. The summed E-state index contributed by atoms with van der Waals surface area (Å²) in [6, 6.07) is 15.7. The Balaban J connectivity index is 0.000000233. The Morgan fingerprint density at radius 1 is 0.788 bits per heavy atom. The van der Waals surface area contributed by atoms with E-state index in [1.54, 1.807) is 38.1 Å². The van der Waals surface area contributed by atoms with Gasteiger partial charge in [-0.05, 0) is 164 Å². The number of hydrogen-bond acceptors (Lipinski definition) is 8. The molecule has 10 nitrogen and oxygen atoms in total. The quantitative estimate of drug-likeness (QED) is 0.0609. The van der Waals surface area contributed by atoms with Crippen molar-refractivity contribution in [3.05, 3.63) is 110 Å². The summed E-state index contributed by atoms with van der Waals surface area (Å²) >= 11 is 22.8. The molecule has 2 amide bonds. The largest absolute Gasteiger partial charge is 0.393 e. The van der Waals surface area contributed by atoms with Gasteiger partial charge in [0.2, 0.25) is 0 Å². The van der Waals surface area contributed by atoms with Crippen LogP contribution in [0.4, 0.5) is 31.5 Å². The van der Waals surface area contributed by atoms with Crippen LogP contribution in [-0.4, -0.2) is 46.4 Å². The van der Waals surface area contributed by atoms with E-state index >= 15 is 0 Å². The summed E-state index contributed by atoms with van der Waals surface area (Å²) < 4.78 is 30.2. The number of benzene rings is 4. The molecule has 0 radical (unpaired) electrons. The average molecular weight is 1110 g/mol. The van der Waals surface area contributed by atoms with Gasteiger partial charge in [0.05, 0.1) is 66.1 Å². The SMILES string of the molecule is CC(C)(CO)ONC(=O)c1cc(Br)c(F)cc1Nc1ccc(I)cc1Cl.O=C(NOC1(CO)CC1)c1cc(Br)c(F)cc1Nc1ccc(I)cc1Cl. The minimum atomic E-state index is -0.958. The van der Waals surface area contributed by atoms with Crippen LogP contribution in [0.1, 0.15) is 47.4 Å². The van der Waals surface area contributed by atoms with Crippen molar-refractivity contribution in [2.45, 2.75) is 37.9 Å². The van der Waals surface area contributed by atoms with Gasteiger partial charge >= 0.3 is 0 Å². The van der Waals surface area contributed by atoms with Crippen molar-refractivity contribution in [3.8, 4) is 0 Å². The fourth-order valence-corrected chi connectivity index (χ4v) is 6.55. The molecule has 0 aromatic heterocycles. The summed E-state index contributed by atoms with van der Waals surface area (Å²) in [5, 5.41) is 25.3. The Labute approximate surface area is 352 Å². The van der Waals surface area contributed by atoms with Crippen LogP contribution in [-0.2, 0) is 9.68 Å². The first-order valence-corrected chi connectivity index (χ1v) is 19.6. The molecule has 1 saturated carbocycles. The van der Waals surface area contributed by atoms with E-state index in [9.17, 15) is 28.6 Å². The summed E-state index contributed by atoms with van der Waals surface area (Å²) in [7, 11) is 0. The fraction of sp³-hybridized carbons (Fsp3) is 0.235. The molecule has 6 N–H and O–H groups in total. The average Bonchev–Trinajstić information content (AvgIpc) is 3.89. The van der Waals surface area contributed by atoms with Gasteiger partial charge in [-0.2, -0.15) is 0 Å². The van der Waals surface area contributed by atoms with Gasteiger partial charge in [-0.3, -0.25) is 19.3 Å². The van der Waals surface area contributed by atoms with Crippen molar-refractivity contribution in [1.82, 2.24) is 11.0 Å². The first-order valence-electron chi connectivity index (χ1n) is 15.1. The maximum absolute atomic E-state index is 14.0. The zero-order valence-corrected chi connectivity index (χ0v) is 36.2. The van der Waals surface area contributed by atoms with Crippen LogP contribution in [0.5, 0.6) is 0 Å². The number of aliphatic hydroxyl groups excluding tert-OH is 2. The third-order valence-corrected chi connectivity index (χ3v) is 10.5. The number of hydroxylamine groups is 2. The number of aliphatic hydroxyl groups is 2. The molecule has 18 heteroatoms. The van der Waals surface area contributed by atoms with Gasteiger partial charge in [0.25, 0.3) is 11.8 Å². The van der Waals surface area contributed by atoms with Gasteiger partial charge in [-0.15, -0.1) is 0 Å². The second kappa shape index (κ2) is 18.6. The van der Waals surface area contributed by atoms with Crippen LogP contribution in [0.3, 0.4) is 0 Å². The molecule has 0 unspecified atom stereocenters. The molecular formula is C34H30Br2Cl2F2I2N4O6. The van der Waals surface area contributed by atoms with E-state index in [4.69, 9.17) is 32.9 Å². The lowest BCUT2D eigenvalue weighted by molar-refractivity contribution is -0.0956. The van der Waals surface area contributed by atoms with E-state index < -0.39 is 34.7 Å². The Bertz CT molecular complexity index is 1850. The highest BCUT2D eigenvalue weighted by Crippen LogP contribution is 2.38. The smallest absolute Gasteiger partial charge is 0.277 e. The van der Waals surface area contributed by atoms with Gasteiger partial charge in [-0.25, -0.2) is 19.7 Å². The minimum absolute atomic E-state index is 0.128. The molecule has 0 saturated heterocycles. The first kappa shape index (κ1) is 42.9. The summed E-state index contributed by atoms with van der Waals surface area (Å²) in [4.78, 5) is 35.5. The van der Waals surface area contributed by atoms with E-state index in [2.05, 4.69) is 98.6 Å². The van der Waals surface area contributed by atoms with E-state index in [0.717, 1.165) is 7.14 Å². The van der Waals surface area contributed by atoms with Crippen LogP contribution in [0.2, 0.25) is 10.0 Å². The van der Waals surface area contributed by atoms with Crippen molar-refractivity contribution in [2.24, 2.45) is 0 Å². The molecule has 0 atom stereocenters. The van der Waals surface area contributed by atoms with Crippen molar-refractivity contribution in [2.75, 3.05) is 23.8 Å². The molecule has 52 heavy (non-hydrogen) atoms. The Morgan fingerprint density at radius 3 is 1.62 bits per heavy atom. The standard InChI is InChI=1S/C17H14BrClFIN2O3.C17H16BrClFIN2O3/c18-11-6-10(16(25)23-26-17(8-24)3-4-17)15(7-13(11)20)22-14-2-1-9(21)5-12(14)19;1-17(2,8-24)26-23-16(25)10-6-11(18)13(20)7-15(10)22-14-4-3-9(21)5-12(14)19/h1-2,5-7,22,24H,3-4,8H2,(H,23,25);3-7,22,24H,8H2,1-2H3,(H,23,25). The molecule has 0 spiro atoms. The monoisotopic (exact) mass is 1110 g/mol. The Kier molecular flexibility index (Phi) is 15.4. The van der Waals surface area contributed by atoms with Gasteiger partial charge < -0.3 is 20.8 Å². The minimum Gasteiger partial charge on any atom is -0.393 e. The van der Waals surface area contributed by atoms with E-state index in [-0.39, 0.29) is 44.7 Å². The zero-order chi connectivity index (χ0) is 38.4. The first-order chi connectivity index (χ1) is 24.5. The van der Waals surface area contributed by atoms with Gasteiger partial charge in [0, 0.05) is 7.14 Å². The molecule has 0 heterocycles. The molecule has 278 valence electrons. The lowest BCUT2D eigenvalue weighted by Crippen LogP contribution is -2.38. The Morgan fingerprint density at radius 2 is 1.23 bits per heavy atom. The molecule has 0 bridgehead atoms. The highest BCUT2D eigenvalue weighted by atomic mass is 127. The normalized spacial score (nSPS) is 13.1. The molecule has 0 aliphatic heterocycles. The Hall–Kier alpha value is -1.88. The summed E-state index contributed by atoms with van der Waals surface area (Å²) in [6.45, 7) is 2.75. The zero-order valence-electron chi connectivity index (χ0n) is 27.2. The number of nitrogens with one attached hydrogen (secondary N) is 4. The molecule has 1 aliphatic rings. The van der Waals surface area contributed by atoms with Gasteiger partial charge in [0.15, 0.2) is 0 Å². The van der Waals surface area contributed by atoms with E-state index in [0.29, 0.717) is 34.3 Å². The number of amides is 2. The number of carbonyl (C=O) groups is 2. The fourth-order valence-electron chi connectivity index (χ4n) is 4.06. The molecule has 1 fully saturated rings. The number of hydrogen-bond donors (Lipinski definition) is 6. The van der Waals surface area contributed by atoms with Crippen LogP contribution in [0, 0.1) is 18.8 Å². The van der Waals surface area contributed by atoms with Gasteiger partial charge in [-0.1, -0.05) is 23.2 Å². The second-order valence-electron chi connectivity index (χ2n) is 11.9. The summed E-state index contributed by atoms with van der Waals surface area (Å²) in [5.74, 6) is -2.23. The van der Waals surface area contributed by atoms with Crippen molar-refractivity contribution in [1.29, 1.82) is 0 Å². The molecule has 5 rings (SSSR count). The third-order valence-electron chi connectivity index (χ3n) is 7.27. The van der Waals surface area contributed by atoms with Crippen LogP contribution >= 0.6 is 100 Å². The topological polar surface area (TPSA) is 141 Å². The summed E-state index contributed by atoms with van der Waals surface area (Å²) in [6.07, 6.45) is 1.33. The number of halogens is 8. The van der Waals surface area contributed by atoms with Crippen LogP contribution in [0.25, 0.3) is 0 Å².